The SMILES string of the molecule is CCOc1cccc(C(=S)Nc2c(OC)cccc2OC)n1. The van der Waals surface area contributed by atoms with E-state index < -0.39 is 0 Å². The number of methoxy groups -OCH3 is 2. The Morgan fingerprint density at radius 2 is 1.73 bits per heavy atom. The van der Waals surface area contributed by atoms with Crippen LogP contribution in [0.3, 0.4) is 0 Å². The quantitative estimate of drug-likeness (QED) is 0.825. The first kappa shape index (κ1) is 16.0. The van der Waals surface area contributed by atoms with E-state index in [0.717, 1.165) is 0 Å². The predicted octanol–water partition coefficient (Wildman–Crippen LogP) is 3.29. The fraction of sp³-hybridized carbons (Fsp3) is 0.250. The van der Waals surface area contributed by atoms with E-state index in [1.165, 1.54) is 0 Å². The highest BCUT2D eigenvalue weighted by molar-refractivity contribution is 7.81. The molecule has 6 heteroatoms. The van der Waals surface area contributed by atoms with Gasteiger partial charge in [0, 0.05) is 6.07 Å². The first-order valence-electron chi connectivity index (χ1n) is 6.81. The van der Waals surface area contributed by atoms with Crippen LogP contribution in [0.1, 0.15) is 12.6 Å². The average Bonchev–Trinajstić information content (AvgIpc) is 2.55. The van der Waals surface area contributed by atoms with Crippen LogP contribution < -0.4 is 19.5 Å². The molecule has 0 amide bonds. The molecule has 116 valence electrons. The van der Waals surface area contributed by atoms with E-state index in [-0.39, 0.29) is 0 Å². The number of aromatic nitrogens is 1. The highest BCUT2D eigenvalue weighted by Crippen LogP contribution is 2.34. The van der Waals surface area contributed by atoms with E-state index in [4.69, 9.17) is 26.4 Å². The lowest BCUT2D eigenvalue weighted by Crippen LogP contribution is -2.14. The van der Waals surface area contributed by atoms with Gasteiger partial charge in [-0.1, -0.05) is 24.4 Å². The summed E-state index contributed by atoms with van der Waals surface area (Å²) in [7, 11) is 3.19. The summed E-state index contributed by atoms with van der Waals surface area (Å²) in [5.41, 5.74) is 1.29. The van der Waals surface area contributed by atoms with Crippen molar-refractivity contribution < 1.29 is 14.2 Å². The van der Waals surface area contributed by atoms with E-state index in [0.29, 0.717) is 40.4 Å². The monoisotopic (exact) mass is 318 g/mol. The Hall–Kier alpha value is -2.34. The zero-order valence-corrected chi connectivity index (χ0v) is 13.6. The maximum absolute atomic E-state index is 5.42. The number of nitrogens with one attached hydrogen (secondary N) is 1. The molecule has 1 heterocycles. The largest absolute Gasteiger partial charge is 0.494 e. The minimum Gasteiger partial charge on any atom is -0.494 e. The van der Waals surface area contributed by atoms with Crippen molar-refractivity contribution in [1.29, 1.82) is 0 Å². The molecule has 1 aromatic carbocycles. The summed E-state index contributed by atoms with van der Waals surface area (Å²) in [5.74, 6) is 1.82. The van der Waals surface area contributed by atoms with Crippen LogP contribution in [0.2, 0.25) is 0 Å². The number of hydrogen-bond acceptors (Lipinski definition) is 5. The summed E-state index contributed by atoms with van der Waals surface area (Å²) >= 11 is 5.42. The first-order chi connectivity index (χ1) is 10.7. The molecular weight excluding hydrogens is 300 g/mol. The minimum atomic E-state index is 0.462. The Morgan fingerprint density at radius 3 is 2.32 bits per heavy atom. The van der Waals surface area contributed by atoms with Crippen LogP contribution in [0.4, 0.5) is 5.69 Å². The molecule has 0 saturated heterocycles. The van der Waals surface area contributed by atoms with Crippen LogP contribution in [0.25, 0.3) is 0 Å². The maximum atomic E-state index is 5.42. The van der Waals surface area contributed by atoms with Gasteiger partial charge in [-0.05, 0) is 25.1 Å². The number of thiocarbonyl (C=S) groups is 1. The minimum absolute atomic E-state index is 0.462. The fourth-order valence-electron chi connectivity index (χ4n) is 1.92. The van der Waals surface area contributed by atoms with Crippen molar-refractivity contribution in [2.24, 2.45) is 0 Å². The number of rotatable bonds is 6. The molecule has 0 radical (unpaired) electrons. The Kier molecular flexibility index (Phi) is 5.55. The number of benzene rings is 1. The molecule has 0 bridgehead atoms. The fourth-order valence-corrected chi connectivity index (χ4v) is 2.14. The molecule has 0 aliphatic rings. The average molecular weight is 318 g/mol. The molecule has 2 aromatic rings. The molecule has 22 heavy (non-hydrogen) atoms. The van der Waals surface area contributed by atoms with E-state index in [1.54, 1.807) is 20.3 Å². The van der Waals surface area contributed by atoms with Gasteiger partial charge in [0.1, 0.15) is 27.9 Å². The van der Waals surface area contributed by atoms with Crippen molar-refractivity contribution in [3.8, 4) is 17.4 Å². The van der Waals surface area contributed by atoms with Crippen molar-refractivity contribution in [1.82, 2.24) is 4.98 Å². The molecule has 1 N–H and O–H groups in total. The van der Waals surface area contributed by atoms with Gasteiger partial charge in [0.2, 0.25) is 5.88 Å². The third-order valence-electron chi connectivity index (χ3n) is 2.91. The van der Waals surface area contributed by atoms with E-state index in [1.807, 2.05) is 37.3 Å². The van der Waals surface area contributed by atoms with Gasteiger partial charge in [0.05, 0.1) is 20.8 Å². The second-order valence-electron chi connectivity index (χ2n) is 4.29. The lowest BCUT2D eigenvalue weighted by molar-refractivity contribution is 0.326. The van der Waals surface area contributed by atoms with Gasteiger partial charge in [-0.3, -0.25) is 0 Å². The van der Waals surface area contributed by atoms with Crippen LogP contribution in [0.15, 0.2) is 36.4 Å². The molecular formula is C16H18N2O3S. The second-order valence-corrected chi connectivity index (χ2v) is 4.69. The van der Waals surface area contributed by atoms with Crippen LogP contribution in [-0.2, 0) is 0 Å². The molecule has 1 aromatic heterocycles. The van der Waals surface area contributed by atoms with Gasteiger partial charge in [-0.2, -0.15) is 0 Å². The zero-order chi connectivity index (χ0) is 15.9. The number of hydrogen-bond donors (Lipinski definition) is 1. The molecule has 0 saturated carbocycles. The van der Waals surface area contributed by atoms with Crippen LogP contribution in [0.5, 0.6) is 17.4 Å². The van der Waals surface area contributed by atoms with Gasteiger partial charge in [0.25, 0.3) is 0 Å². The summed E-state index contributed by atoms with van der Waals surface area (Å²) < 4.78 is 16.1. The standard InChI is InChI=1S/C16H18N2O3S/c1-4-21-14-10-5-7-11(17-14)16(22)18-15-12(19-2)8-6-9-13(15)20-3/h5-10H,4H2,1-3H3,(H,18,22). The number of nitrogens with zero attached hydrogens (tertiary/aromatic N) is 1. The van der Waals surface area contributed by atoms with Gasteiger partial charge >= 0.3 is 0 Å². The summed E-state index contributed by atoms with van der Waals surface area (Å²) in [6, 6.07) is 11.0. The molecule has 0 aliphatic carbocycles. The normalized spacial score (nSPS) is 9.95. The molecule has 0 unspecified atom stereocenters. The third kappa shape index (κ3) is 3.65. The summed E-state index contributed by atoms with van der Waals surface area (Å²) in [6.45, 7) is 2.46. The van der Waals surface area contributed by atoms with Gasteiger partial charge in [-0.25, -0.2) is 4.98 Å². The van der Waals surface area contributed by atoms with Crippen molar-refractivity contribution in [2.75, 3.05) is 26.1 Å². The van der Waals surface area contributed by atoms with Crippen molar-refractivity contribution in [3.63, 3.8) is 0 Å². The lowest BCUT2D eigenvalue weighted by atomic mass is 10.2. The molecule has 5 nitrogen and oxygen atoms in total. The van der Waals surface area contributed by atoms with E-state index >= 15 is 0 Å². The predicted molar refractivity (Wildman–Crippen MR) is 90.3 cm³/mol. The van der Waals surface area contributed by atoms with Crippen LogP contribution in [0, 0.1) is 0 Å². The second kappa shape index (κ2) is 7.61. The van der Waals surface area contributed by atoms with Gasteiger partial charge in [0.15, 0.2) is 0 Å². The van der Waals surface area contributed by atoms with Crippen molar-refractivity contribution in [3.05, 3.63) is 42.1 Å². The molecule has 0 atom stereocenters. The molecule has 0 spiro atoms. The highest BCUT2D eigenvalue weighted by atomic mass is 32.1. The highest BCUT2D eigenvalue weighted by Gasteiger charge is 2.13. The molecule has 2 rings (SSSR count). The number of para-hydroxylation sites is 1. The van der Waals surface area contributed by atoms with Gasteiger partial charge < -0.3 is 19.5 Å². The van der Waals surface area contributed by atoms with Crippen molar-refractivity contribution >= 4 is 22.9 Å². The van der Waals surface area contributed by atoms with Crippen LogP contribution >= 0.6 is 12.2 Å². The Labute approximate surface area is 135 Å². The summed E-state index contributed by atoms with van der Waals surface area (Å²) in [5, 5.41) is 3.13. The van der Waals surface area contributed by atoms with E-state index in [2.05, 4.69) is 10.3 Å². The smallest absolute Gasteiger partial charge is 0.213 e. The zero-order valence-electron chi connectivity index (χ0n) is 12.8. The summed E-state index contributed by atoms with van der Waals surface area (Å²) in [6.07, 6.45) is 0. The lowest BCUT2D eigenvalue weighted by Gasteiger charge is -2.15. The Balaban J connectivity index is 2.27. The molecule has 0 aliphatic heterocycles. The van der Waals surface area contributed by atoms with Crippen LogP contribution in [-0.4, -0.2) is 30.8 Å². The number of anilines is 1. The third-order valence-corrected chi connectivity index (χ3v) is 3.23. The summed E-state index contributed by atoms with van der Waals surface area (Å²) in [4.78, 5) is 4.82. The number of ether oxygens (including phenoxy) is 3. The molecule has 0 fully saturated rings. The topological polar surface area (TPSA) is 52.6 Å². The first-order valence-corrected chi connectivity index (χ1v) is 7.22. The van der Waals surface area contributed by atoms with Crippen molar-refractivity contribution in [2.45, 2.75) is 6.92 Å². The Morgan fingerprint density at radius 1 is 1.09 bits per heavy atom. The number of pyridine rings is 1. The van der Waals surface area contributed by atoms with E-state index in [9.17, 15) is 0 Å². The van der Waals surface area contributed by atoms with Gasteiger partial charge in [-0.15, -0.1) is 0 Å². The Bertz CT molecular complexity index is 639. The maximum Gasteiger partial charge on any atom is 0.213 e.